The minimum Gasteiger partial charge on any atom is -0.394 e. The molecule has 13 heteroatoms. The summed E-state index contributed by atoms with van der Waals surface area (Å²) in [7, 11) is -5.06. The van der Waals surface area contributed by atoms with E-state index >= 15 is 0 Å². The number of ether oxygens (including phenoxy) is 2. The fourth-order valence-corrected chi connectivity index (χ4v) is 6.37. The Balaban J connectivity index is 2.63. The van der Waals surface area contributed by atoms with Gasteiger partial charge in [0.1, 0.15) is 24.4 Å². The molecule has 1 rings (SSSR count). The Bertz CT molecular complexity index is 935. The molecule has 1 fully saturated rings. The van der Waals surface area contributed by atoms with Crippen LogP contribution in [0, 0.1) is 0 Å². The molecular weight excluding hydrogens is 642 g/mol. The average Bonchev–Trinajstić information content (AvgIpc) is 3.04. The molecule has 284 valence electrons. The fourth-order valence-electron chi connectivity index (χ4n) is 5.86. The van der Waals surface area contributed by atoms with Crippen molar-refractivity contribution in [3.8, 4) is 0 Å². The summed E-state index contributed by atoms with van der Waals surface area (Å²) < 4.78 is 47.3. The van der Waals surface area contributed by atoms with Crippen molar-refractivity contribution in [2.45, 2.75) is 192 Å². The third-order valence-corrected chi connectivity index (χ3v) is 9.29. The molecule has 0 bridgehead atoms. The van der Waals surface area contributed by atoms with Gasteiger partial charge < -0.3 is 35.2 Å². The van der Waals surface area contributed by atoms with Crippen molar-refractivity contribution in [3.05, 3.63) is 12.2 Å². The van der Waals surface area contributed by atoms with Crippen LogP contribution < -0.4 is 5.32 Å². The van der Waals surface area contributed by atoms with Crippen LogP contribution in [0.5, 0.6) is 0 Å². The van der Waals surface area contributed by atoms with Gasteiger partial charge >= 0.3 is 10.4 Å². The van der Waals surface area contributed by atoms with Gasteiger partial charge in [0.05, 0.1) is 25.4 Å². The SMILES string of the molecule is CCCCC/C=C\CCCCCCCC(=O)NC(COC1OC(CO)C(O)C(OS(=O)(=O)O)C1O)C(O)CCCCCCCCCCC. The van der Waals surface area contributed by atoms with Gasteiger partial charge in [-0.25, -0.2) is 4.18 Å². The number of carbonyl (C=O) groups is 1. The van der Waals surface area contributed by atoms with Crippen LogP contribution in [0.3, 0.4) is 0 Å². The minimum atomic E-state index is -5.06. The van der Waals surface area contributed by atoms with E-state index in [0.717, 1.165) is 64.2 Å². The van der Waals surface area contributed by atoms with Crippen molar-refractivity contribution in [2.24, 2.45) is 0 Å². The van der Waals surface area contributed by atoms with Crippen LogP contribution in [-0.4, -0.2) is 95.4 Å². The molecule has 0 aromatic heterocycles. The van der Waals surface area contributed by atoms with E-state index in [0.29, 0.717) is 12.8 Å². The van der Waals surface area contributed by atoms with E-state index in [-0.39, 0.29) is 18.9 Å². The summed E-state index contributed by atoms with van der Waals surface area (Å²) in [5.74, 6) is -0.244. The van der Waals surface area contributed by atoms with Gasteiger partial charge in [-0.05, 0) is 38.5 Å². The number of hydrogen-bond donors (Lipinski definition) is 6. The van der Waals surface area contributed by atoms with Gasteiger partial charge in [-0.1, -0.05) is 116 Å². The molecule has 0 radical (unpaired) electrons. The van der Waals surface area contributed by atoms with E-state index in [2.05, 4.69) is 35.5 Å². The molecule has 0 spiro atoms. The first-order valence-electron chi connectivity index (χ1n) is 18.6. The number of nitrogens with one attached hydrogen (secondary N) is 1. The van der Waals surface area contributed by atoms with E-state index in [1.807, 2.05) is 0 Å². The molecule has 0 aromatic rings. The predicted molar refractivity (Wildman–Crippen MR) is 186 cm³/mol. The largest absolute Gasteiger partial charge is 0.397 e. The second kappa shape index (κ2) is 27.5. The van der Waals surface area contributed by atoms with E-state index in [4.69, 9.17) is 14.0 Å². The van der Waals surface area contributed by atoms with Crippen LogP contribution in [0.1, 0.15) is 149 Å². The molecule has 7 atom stereocenters. The third-order valence-electron chi connectivity index (χ3n) is 8.82. The highest BCUT2D eigenvalue weighted by atomic mass is 32.3. The van der Waals surface area contributed by atoms with E-state index < -0.39 is 59.9 Å². The first-order valence-corrected chi connectivity index (χ1v) is 19.9. The van der Waals surface area contributed by atoms with Gasteiger partial charge in [0.25, 0.3) is 0 Å². The lowest BCUT2D eigenvalue weighted by Crippen LogP contribution is -2.61. The van der Waals surface area contributed by atoms with Gasteiger partial charge in [-0.3, -0.25) is 9.35 Å². The van der Waals surface area contributed by atoms with Crippen LogP contribution in [0.2, 0.25) is 0 Å². The maximum atomic E-state index is 12.9. The van der Waals surface area contributed by atoms with Crippen molar-refractivity contribution in [1.29, 1.82) is 0 Å². The number of aliphatic hydroxyl groups is 4. The van der Waals surface area contributed by atoms with Crippen molar-refractivity contribution in [1.82, 2.24) is 5.32 Å². The Labute approximate surface area is 290 Å². The number of hydrogen-bond acceptors (Lipinski definition) is 10. The van der Waals surface area contributed by atoms with Gasteiger partial charge in [0.2, 0.25) is 5.91 Å². The summed E-state index contributed by atoms with van der Waals surface area (Å²) in [6.45, 7) is 3.34. The summed E-state index contributed by atoms with van der Waals surface area (Å²) in [4.78, 5) is 12.9. The molecule has 12 nitrogen and oxygen atoms in total. The lowest BCUT2D eigenvalue weighted by atomic mass is 9.99. The number of rotatable bonds is 30. The fraction of sp³-hybridized carbons (Fsp3) is 0.914. The third kappa shape index (κ3) is 21.1. The highest BCUT2D eigenvalue weighted by molar-refractivity contribution is 7.80. The first-order chi connectivity index (χ1) is 23.0. The summed E-state index contributed by atoms with van der Waals surface area (Å²) in [6, 6.07) is -0.855. The molecule has 1 aliphatic heterocycles. The molecule has 0 aliphatic carbocycles. The Morgan fingerprint density at radius 1 is 0.812 bits per heavy atom. The van der Waals surface area contributed by atoms with Crippen LogP contribution in [0.25, 0.3) is 0 Å². The topological polar surface area (TPSA) is 192 Å². The highest BCUT2D eigenvalue weighted by Crippen LogP contribution is 2.26. The molecule has 1 amide bonds. The Kier molecular flexibility index (Phi) is 25.7. The normalized spacial score (nSPS) is 23.0. The number of allylic oxidation sites excluding steroid dienone is 2. The van der Waals surface area contributed by atoms with Crippen molar-refractivity contribution < 1.29 is 51.8 Å². The minimum absolute atomic E-state index is 0.244. The quantitative estimate of drug-likeness (QED) is 0.0324. The molecule has 0 saturated carbocycles. The zero-order valence-corrected chi connectivity index (χ0v) is 30.4. The lowest BCUT2D eigenvalue weighted by molar-refractivity contribution is -0.298. The molecule has 6 N–H and O–H groups in total. The van der Waals surface area contributed by atoms with Crippen molar-refractivity contribution in [3.63, 3.8) is 0 Å². The number of aliphatic hydroxyl groups excluding tert-OH is 4. The first kappa shape index (κ1) is 44.9. The summed E-state index contributed by atoms with van der Waals surface area (Å²) in [5, 5.41) is 44.4. The van der Waals surface area contributed by atoms with E-state index in [1.54, 1.807) is 0 Å². The molecule has 1 saturated heterocycles. The van der Waals surface area contributed by atoms with Gasteiger partial charge in [0.15, 0.2) is 6.29 Å². The summed E-state index contributed by atoms with van der Waals surface area (Å²) in [6.07, 6.45) is 16.7. The Morgan fingerprint density at radius 2 is 1.33 bits per heavy atom. The van der Waals surface area contributed by atoms with Gasteiger partial charge in [-0.2, -0.15) is 8.42 Å². The highest BCUT2D eigenvalue weighted by Gasteiger charge is 2.48. The second-order valence-electron chi connectivity index (χ2n) is 13.2. The zero-order valence-electron chi connectivity index (χ0n) is 29.6. The molecule has 0 aromatic carbocycles. The van der Waals surface area contributed by atoms with E-state index in [1.165, 1.54) is 51.4 Å². The molecule has 1 aliphatic rings. The molecule has 48 heavy (non-hydrogen) atoms. The second-order valence-corrected chi connectivity index (χ2v) is 14.2. The molecular formula is C35H67NO11S. The van der Waals surface area contributed by atoms with Crippen molar-refractivity contribution in [2.75, 3.05) is 13.2 Å². The zero-order chi connectivity index (χ0) is 35.6. The van der Waals surface area contributed by atoms with Crippen LogP contribution in [-0.2, 0) is 28.9 Å². The van der Waals surface area contributed by atoms with Crippen LogP contribution in [0.15, 0.2) is 12.2 Å². The smallest absolute Gasteiger partial charge is 0.394 e. The maximum Gasteiger partial charge on any atom is 0.397 e. The lowest BCUT2D eigenvalue weighted by Gasteiger charge is -2.41. The monoisotopic (exact) mass is 709 g/mol. The number of carbonyl (C=O) groups excluding carboxylic acids is 1. The Hall–Kier alpha value is -1.16. The standard InChI is InChI=1S/C35H67NO11S/c1-3-5-7-9-11-13-14-15-17-19-21-23-25-31(39)36-28(29(38)24-22-20-18-16-12-10-8-6-4-2)27-45-35-33(41)34(47-48(42,43)44)32(40)30(26-37)46-35/h11,13,28-30,32-35,37-38,40-41H,3-10,12,14-27H2,1-2H3,(H,36,39)(H,42,43,44)/b13-11-. The predicted octanol–water partition coefficient (Wildman–Crippen LogP) is 5.26. The van der Waals surface area contributed by atoms with Crippen LogP contribution in [0.4, 0.5) is 0 Å². The molecule has 1 heterocycles. The van der Waals surface area contributed by atoms with E-state index in [9.17, 15) is 33.6 Å². The maximum absolute atomic E-state index is 12.9. The van der Waals surface area contributed by atoms with Gasteiger partial charge in [-0.15, -0.1) is 0 Å². The molecule has 7 unspecified atom stereocenters. The van der Waals surface area contributed by atoms with Crippen molar-refractivity contribution >= 4 is 16.3 Å². The summed E-state index contributed by atoms with van der Waals surface area (Å²) in [5.41, 5.74) is 0. The van der Waals surface area contributed by atoms with Gasteiger partial charge in [0, 0.05) is 6.42 Å². The summed E-state index contributed by atoms with van der Waals surface area (Å²) >= 11 is 0. The number of amides is 1. The number of unbranched alkanes of at least 4 members (excludes halogenated alkanes) is 16. The van der Waals surface area contributed by atoms with Crippen LogP contribution >= 0.6 is 0 Å². The average molecular weight is 710 g/mol. The Morgan fingerprint density at radius 3 is 1.92 bits per heavy atom.